The summed E-state index contributed by atoms with van der Waals surface area (Å²) in [5.41, 5.74) is 1.66. The Labute approximate surface area is 150 Å². The average Bonchev–Trinajstić information content (AvgIpc) is 2.62. The third-order valence-electron chi connectivity index (χ3n) is 4.33. The fraction of sp³-hybridized carbons (Fsp3) is 0.579. The minimum absolute atomic E-state index is 0.0564. The number of amides is 1. The molecule has 0 saturated heterocycles. The molecule has 2 rings (SSSR count). The SMILES string of the molecule is CCNC(=O)c1cccc(CN=C(NCC)NC2CCC(O)CC2)c1. The lowest BCUT2D eigenvalue weighted by Gasteiger charge is -2.27. The van der Waals surface area contributed by atoms with Gasteiger partial charge in [0.1, 0.15) is 0 Å². The molecule has 0 radical (unpaired) electrons. The Kier molecular flexibility index (Phi) is 7.73. The highest BCUT2D eigenvalue weighted by atomic mass is 16.3. The lowest BCUT2D eigenvalue weighted by atomic mass is 9.93. The molecule has 1 aromatic carbocycles. The van der Waals surface area contributed by atoms with Gasteiger partial charge in [-0.05, 0) is 57.2 Å². The molecule has 6 heteroatoms. The van der Waals surface area contributed by atoms with Gasteiger partial charge in [-0.15, -0.1) is 0 Å². The number of nitrogens with one attached hydrogen (secondary N) is 3. The molecule has 0 unspecified atom stereocenters. The van der Waals surface area contributed by atoms with Crippen molar-refractivity contribution in [3.63, 3.8) is 0 Å². The van der Waals surface area contributed by atoms with Crippen molar-refractivity contribution in [2.45, 2.75) is 58.2 Å². The topological polar surface area (TPSA) is 85.8 Å². The number of nitrogens with zero attached hydrogens (tertiary/aromatic N) is 1. The third kappa shape index (κ3) is 6.38. The molecule has 1 aromatic rings. The molecule has 0 aromatic heterocycles. The van der Waals surface area contributed by atoms with E-state index in [0.29, 0.717) is 24.7 Å². The number of hydrogen-bond donors (Lipinski definition) is 4. The molecule has 0 heterocycles. The van der Waals surface area contributed by atoms with E-state index in [9.17, 15) is 9.90 Å². The summed E-state index contributed by atoms with van der Waals surface area (Å²) in [6, 6.07) is 7.91. The summed E-state index contributed by atoms with van der Waals surface area (Å²) in [5.74, 6) is 0.728. The maximum atomic E-state index is 11.9. The van der Waals surface area contributed by atoms with Gasteiger partial charge in [0.05, 0.1) is 12.6 Å². The van der Waals surface area contributed by atoms with Crippen LogP contribution in [0.4, 0.5) is 0 Å². The molecule has 0 bridgehead atoms. The van der Waals surface area contributed by atoms with Crippen LogP contribution in [0.5, 0.6) is 0 Å². The Morgan fingerprint density at radius 2 is 1.88 bits per heavy atom. The maximum Gasteiger partial charge on any atom is 0.251 e. The molecule has 0 aliphatic heterocycles. The van der Waals surface area contributed by atoms with Gasteiger partial charge < -0.3 is 21.1 Å². The van der Waals surface area contributed by atoms with Gasteiger partial charge in [-0.25, -0.2) is 4.99 Å². The van der Waals surface area contributed by atoms with Gasteiger partial charge in [0.2, 0.25) is 0 Å². The summed E-state index contributed by atoms with van der Waals surface area (Å²) in [7, 11) is 0. The maximum absolute atomic E-state index is 11.9. The average molecular weight is 346 g/mol. The first-order chi connectivity index (χ1) is 12.1. The normalized spacial score (nSPS) is 20.8. The van der Waals surface area contributed by atoms with E-state index in [4.69, 9.17) is 0 Å². The zero-order valence-corrected chi connectivity index (χ0v) is 15.2. The number of carbonyl (C=O) groups excluding carboxylic acids is 1. The highest BCUT2D eigenvalue weighted by molar-refractivity contribution is 5.94. The van der Waals surface area contributed by atoms with E-state index in [1.165, 1.54) is 0 Å². The van der Waals surface area contributed by atoms with E-state index in [0.717, 1.165) is 43.8 Å². The van der Waals surface area contributed by atoms with Crippen molar-refractivity contribution in [1.82, 2.24) is 16.0 Å². The molecular formula is C19H30N4O2. The molecular weight excluding hydrogens is 316 g/mol. The van der Waals surface area contributed by atoms with Crippen LogP contribution in [-0.4, -0.2) is 42.2 Å². The number of guanidine groups is 1. The van der Waals surface area contributed by atoms with Crippen LogP contribution in [0.3, 0.4) is 0 Å². The minimum atomic E-state index is -0.158. The van der Waals surface area contributed by atoms with Crippen LogP contribution in [0.1, 0.15) is 55.5 Å². The van der Waals surface area contributed by atoms with Crippen molar-refractivity contribution < 1.29 is 9.90 Å². The van der Waals surface area contributed by atoms with Gasteiger partial charge in [-0.3, -0.25) is 4.79 Å². The largest absolute Gasteiger partial charge is 0.393 e. The first-order valence-electron chi connectivity index (χ1n) is 9.22. The summed E-state index contributed by atoms with van der Waals surface area (Å²) >= 11 is 0. The predicted molar refractivity (Wildman–Crippen MR) is 101 cm³/mol. The second-order valence-corrected chi connectivity index (χ2v) is 6.40. The van der Waals surface area contributed by atoms with Crippen LogP contribution in [0.2, 0.25) is 0 Å². The van der Waals surface area contributed by atoms with Gasteiger partial charge in [0.25, 0.3) is 5.91 Å². The van der Waals surface area contributed by atoms with Crippen LogP contribution in [-0.2, 0) is 6.54 Å². The van der Waals surface area contributed by atoms with Crippen molar-refractivity contribution in [1.29, 1.82) is 0 Å². The molecule has 1 saturated carbocycles. The number of carbonyl (C=O) groups is 1. The van der Waals surface area contributed by atoms with Crippen molar-refractivity contribution in [2.24, 2.45) is 4.99 Å². The van der Waals surface area contributed by atoms with Gasteiger partial charge in [-0.1, -0.05) is 12.1 Å². The smallest absolute Gasteiger partial charge is 0.251 e. The molecule has 0 atom stereocenters. The Hall–Kier alpha value is -2.08. The van der Waals surface area contributed by atoms with Crippen molar-refractivity contribution in [2.75, 3.05) is 13.1 Å². The zero-order valence-electron chi connectivity index (χ0n) is 15.2. The number of benzene rings is 1. The van der Waals surface area contributed by atoms with Gasteiger partial charge in [-0.2, -0.15) is 0 Å². The predicted octanol–water partition coefficient (Wildman–Crippen LogP) is 1.79. The molecule has 25 heavy (non-hydrogen) atoms. The Bertz CT molecular complexity index is 581. The Morgan fingerprint density at radius 3 is 2.56 bits per heavy atom. The highest BCUT2D eigenvalue weighted by Gasteiger charge is 2.19. The van der Waals surface area contributed by atoms with Crippen LogP contribution in [0, 0.1) is 0 Å². The Balaban J connectivity index is 1.98. The Morgan fingerprint density at radius 1 is 1.16 bits per heavy atom. The number of hydrogen-bond acceptors (Lipinski definition) is 3. The van der Waals surface area contributed by atoms with Crippen LogP contribution in [0.25, 0.3) is 0 Å². The lowest BCUT2D eigenvalue weighted by molar-refractivity contribution is 0.0955. The van der Waals surface area contributed by atoms with E-state index in [2.05, 4.69) is 20.9 Å². The molecule has 1 fully saturated rings. The molecule has 1 amide bonds. The fourth-order valence-electron chi connectivity index (χ4n) is 2.98. The minimum Gasteiger partial charge on any atom is -0.393 e. The first kappa shape index (κ1) is 19.2. The van der Waals surface area contributed by atoms with Crippen molar-refractivity contribution >= 4 is 11.9 Å². The number of rotatable bonds is 6. The summed E-state index contributed by atoms with van der Waals surface area (Å²) in [6.45, 7) is 5.87. The van der Waals surface area contributed by atoms with Crippen LogP contribution >= 0.6 is 0 Å². The third-order valence-corrected chi connectivity index (χ3v) is 4.33. The van der Waals surface area contributed by atoms with Crippen LogP contribution in [0.15, 0.2) is 29.3 Å². The fourth-order valence-corrected chi connectivity index (χ4v) is 2.98. The second kappa shape index (κ2) is 10.0. The van der Waals surface area contributed by atoms with Gasteiger partial charge in [0.15, 0.2) is 5.96 Å². The van der Waals surface area contributed by atoms with E-state index >= 15 is 0 Å². The number of aliphatic imine (C=N–C) groups is 1. The second-order valence-electron chi connectivity index (χ2n) is 6.40. The quantitative estimate of drug-likeness (QED) is 0.467. The molecule has 1 aliphatic carbocycles. The van der Waals surface area contributed by atoms with Crippen molar-refractivity contribution in [3.8, 4) is 0 Å². The van der Waals surface area contributed by atoms with Gasteiger partial charge in [0, 0.05) is 24.7 Å². The summed E-state index contributed by atoms with van der Waals surface area (Å²) in [5, 5.41) is 19.2. The summed E-state index contributed by atoms with van der Waals surface area (Å²) in [6.07, 6.45) is 3.43. The lowest BCUT2D eigenvalue weighted by Crippen LogP contribution is -2.45. The molecule has 6 nitrogen and oxygen atoms in total. The molecule has 138 valence electrons. The van der Waals surface area contributed by atoms with Crippen LogP contribution < -0.4 is 16.0 Å². The van der Waals surface area contributed by atoms with E-state index in [1.54, 1.807) is 0 Å². The van der Waals surface area contributed by atoms with Crippen molar-refractivity contribution in [3.05, 3.63) is 35.4 Å². The van der Waals surface area contributed by atoms with E-state index in [-0.39, 0.29) is 12.0 Å². The van der Waals surface area contributed by atoms with E-state index < -0.39 is 0 Å². The highest BCUT2D eigenvalue weighted by Crippen LogP contribution is 2.18. The van der Waals surface area contributed by atoms with Gasteiger partial charge >= 0.3 is 0 Å². The molecule has 0 spiro atoms. The standard InChI is InChI=1S/C19H30N4O2/c1-3-20-18(25)15-7-5-6-14(12-15)13-22-19(21-4-2)23-16-8-10-17(24)11-9-16/h5-7,12,16-17,24H,3-4,8-11,13H2,1-2H3,(H,20,25)(H2,21,22,23). The molecule has 1 aliphatic rings. The number of aliphatic hydroxyl groups is 1. The molecule has 4 N–H and O–H groups in total. The first-order valence-corrected chi connectivity index (χ1v) is 9.22. The monoisotopic (exact) mass is 346 g/mol. The number of aliphatic hydroxyl groups excluding tert-OH is 1. The zero-order chi connectivity index (χ0) is 18.1. The summed E-state index contributed by atoms with van der Waals surface area (Å²) in [4.78, 5) is 16.6. The van der Waals surface area contributed by atoms with E-state index in [1.807, 2.05) is 38.1 Å². The summed E-state index contributed by atoms with van der Waals surface area (Å²) < 4.78 is 0.